The molecule has 1 amide bonds. The topological polar surface area (TPSA) is 53.6 Å². The van der Waals surface area contributed by atoms with Crippen LogP contribution >= 0.6 is 11.8 Å². The van der Waals surface area contributed by atoms with E-state index in [1.165, 1.54) is 11.1 Å². The predicted molar refractivity (Wildman–Crippen MR) is 115 cm³/mol. The fourth-order valence-electron chi connectivity index (χ4n) is 4.03. The van der Waals surface area contributed by atoms with Crippen LogP contribution in [0.5, 0.6) is 5.75 Å². The molecule has 0 bridgehead atoms. The van der Waals surface area contributed by atoms with Gasteiger partial charge in [0.1, 0.15) is 6.61 Å². The van der Waals surface area contributed by atoms with E-state index in [-0.39, 0.29) is 5.91 Å². The number of anilines is 1. The molecule has 0 aromatic heterocycles. The third-order valence-corrected chi connectivity index (χ3v) is 6.28. The molecular formula is C22H27N3O2S. The van der Waals surface area contributed by atoms with Gasteiger partial charge in [-0.1, -0.05) is 31.2 Å². The maximum absolute atomic E-state index is 13.0. The number of thioether (sulfide) groups is 1. The number of hydrogen-bond acceptors (Lipinski definition) is 5. The van der Waals surface area contributed by atoms with Gasteiger partial charge in [-0.3, -0.25) is 9.69 Å². The molecule has 28 heavy (non-hydrogen) atoms. The first-order valence-corrected chi connectivity index (χ1v) is 11.1. The lowest BCUT2D eigenvalue weighted by Gasteiger charge is -2.36. The molecule has 2 aliphatic rings. The summed E-state index contributed by atoms with van der Waals surface area (Å²) < 4.78 is 5.81. The number of carbonyl (C=O) groups is 1. The predicted octanol–water partition coefficient (Wildman–Crippen LogP) is 3.39. The van der Waals surface area contributed by atoms with Crippen molar-refractivity contribution in [2.75, 3.05) is 37.8 Å². The van der Waals surface area contributed by atoms with Crippen LogP contribution in [0, 0.1) is 0 Å². The zero-order valence-electron chi connectivity index (χ0n) is 16.5. The van der Waals surface area contributed by atoms with Gasteiger partial charge in [0.2, 0.25) is 0 Å². The summed E-state index contributed by atoms with van der Waals surface area (Å²) in [5.74, 6) is 0.605. The highest BCUT2D eigenvalue weighted by Crippen LogP contribution is 2.35. The molecule has 148 valence electrons. The van der Waals surface area contributed by atoms with Gasteiger partial charge in [0.25, 0.3) is 5.91 Å². The van der Waals surface area contributed by atoms with Gasteiger partial charge >= 0.3 is 0 Å². The highest BCUT2D eigenvalue weighted by molar-refractivity contribution is 7.98. The second-order valence-electron chi connectivity index (χ2n) is 7.23. The molecule has 2 aliphatic heterocycles. The van der Waals surface area contributed by atoms with Crippen molar-refractivity contribution in [3.8, 4) is 5.75 Å². The standard InChI is InChI=1S/C22H27N3O2S/c1-3-25-14-16-7-5-4-6-15(16)10-17(25)13-24-22(26)19-11-18(28-2)12-20-21(19)27-9-8-23-20/h4-7,11-12,17,23H,3,8-10,13-14H2,1-2H3,(H,24,26)/t17-/m0/s1. The average molecular weight is 398 g/mol. The average Bonchev–Trinajstić information content (AvgIpc) is 2.75. The Balaban J connectivity index is 1.50. The van der Waals surface area contributed by atoms with E-state index in [0.29, 0.717) is 30.5 Å². The zero-order valence-corrected chi connectivity index (χ0v) is 17.3. The van der Waals surface area contributed by atoms with Crippen LogP contribution < -0.4 is 15.4 Å². The zero-order chi connectivity index (χ0) is 19.5. The van der Waals surface area contributed by atoms with E-state index in [1.807, 2.05) is 18.4 Å². The maximum Gasteiger partial charge on any atom is 0.255 e. The minimum absolute atomic E-state index is 0.0641. The smallest absolute Gasteiger partial charge is 0.255 e. The molecule has 2 aromatic carbocycles. The fraction of sp³-hybridized carbons (Fsp3) is 0.409. The normalized spacial score (nSPS) is 18.4. The van der Waals surface area contributed by atoms with Gasteiger partial charge in [-0.15, -0.1) is 11.8 Å². The van der Waals surface area contributed by atoms with Crippen molar-refractivity contribution in [1.29, 1.82) is 0 Å². The van der Waals surface area contributed by atoms with Crippen LogP contribution in [0.15, 0.2) is 41.3 Å². The van der Waals surface area contributed by atoms with Gasteiger partial charge in [-0.2, -0.15) is 0 Å². The van der Waals surface area contributed by atoms with Crippen molar-refractivity contribution in [2.45, 2.75) is 30.8 Å². The molecule has 2 heterocycles. The molecule has 0 saturated carbocycles. The number of nitrogens with one attached hydrogen (secondary N) is 2. The summed E-state index contributed by atoms with van der Waals surface area (Å²) in [6, 6.07) is 12.9. The van der Waals surface area contributed by atoms with Gasteiger partial charge in [-0.25, -0.2) is 0 Å². The van der Waals surface area contributed by atoms with Crippen molar-refractivity contribution in [3.05, 3.63) is 53.1 Å². The monoisotopic (exact) mass is 397 g/mol. The van der Waals surface area contributed by atoms with Crippen LogP contribution in [-0.4, -0.2) is 49.3 Å². The molecule has 4 rings (SSSR count). The number of hydrogen-bond donors (Lipinski definition) is 2. The highest BCUT2D eigenvalue weighted by Gasteiger charge is 2.26. The molecule has 2 aromatic rings. The molecular weight excluding hydrogens is 370 g/mol. The number of ether oxygens (including phenoxy) is 1. The first-order chi connectivity index (χ1) is 13.7. The number of rotatable bonds is 5. The van der Waals surface area contributed by atoms with Crippen LogP contribution in [0.4, 0.5) is 5.69 Å². The maximum atomic E-state index is 13.0. The summed E-state index contributed by atoms with van der Waals surface area (Å²) in [6.45, 7) is 6.07. The minimum Gasteiger partial charge on any atom is -0.489 e. The summed E-state index contributed by atoms with van der Waals surface area (Å²) in [6.07, 6.45) is 2.98. The molecule has 0 aliphatic carbocycles. The Hall–Kier alpha value is -2.18. The van der Waals surface area contributed by atoms with E-state index >= 15 is 0 Å². The molecule has 0 saturated heterocycles. The van der Waals surface area contributed by atoms with Crippen molar-refractivity contribution in [2.24, 2.45) is 0 Å². The lowest BCUT2D eigenvalue weighted by atomic mass is 9.94. The van der Waals surface area contributed by atoms with Gasteiger partial charge in [-0.05, 0) is 42.5 Å². The summed E-state index contributed by atoms with van der Waals surface area (Å²) in [5, 5.41) is 6.51. The summed E-state index contributed by atoms with van der Waals surface area (Å²) >= 11 is 1.63. The summed E-state index contributed by atoms with van der Waals surface area (Å²) in [4.78, 5) is 16.5. The third-order valence-electron chi connectivity index (χ3n) is 5.57. The fourth-order valence-corrected chi connectivity index (χ4v) is 4.50. The Morgan fingerprint density at radius 3 is 2.93 bits per heavy atom. The molecule has 0 unspecified atom stereocenters. The molecule has 1 atom stereocenters. The van der Waals surface area contributed by atoms with E-state index in [9.17, 15) is 4.79 Å². The van der Waals surface area contributed by atoms with Crippen molar-refractivity contribution < 1.29 is 9.53 Å². The minimum atomic E-state index is -0.0641. The largest absolute Gasteiger partial charge is 0.489 e. The highest BCUT2D eigenvalue weighted by atomic mass is 32.2. The van der Waals surface area contributed by atoms with Crippen LogP contribution in [0.25, 0.3) is 0 Å². The second-order valence-corrected chi connectivity index (χ2v) is 8.11. The lowest BCUT2D eigenvalue weighted by molar-refractivity contribution is 0.0923. The van der Waals surface area contributed by atoms with Crippen molar-refractivity contribution >= 4 is 23.4 Å². The van der Waals surface area contributed by atoms with Crippen LogP contribution in [-0.2, 0) is 13.0 Å². The van der Waals surface area contributed by atoms with E-state index in [0.717, 1.165) is 36.6 Å². The molecule has 0 spiro atoms. The molecule has 2 N–H and O–H groups in total. The van der Waals surface area contributed by atoms with Gasteiger partial charge in [0, 0.05) is 30.6 Å². The molecule has 6 heteroatoms. The SMILES string of the molecule is CCN1Cc2ccccc2C[C@H]1CNC(=O)c1cc(SC)cc2c1OCCN2. The van der Waals surface area contributed by atoms with Crippen LogP contribution in [0.2, 0.25) is 0 Å². The van der Waals surface area contributed by atoms with Gasteiger partial charge < -0.3 is 15.4 Å². The van der Waals surface area contributed by atoms with Crippen LogP contribution in [0.3, 0.4) is 0 Å². The van der Waals surface area contributed by atoms with Crippen molar-refractivity contribution in [1.82, 2.24) is 10.2 Å². The number of nitrogens with zero attached hydrogens (tertiary/aromatic N) is 1. The number of amides is 1. The Kier molecular flexibility index (Phi) is 5.78. The number of likely N-dealkylation sites (N-methyl/N-ethyl adjacent to an activating group) is 1. The van der Waals surface area contributed by atoms with E-state index < -0.39 is 0 Å². The number of carbonyl (C=O) groups excluding carboxylic acids is 1. The molecule has 0 radical (unpaired) electrons. The Morgan fingerprint density at radius 1 is 1.32 bits per heavy atom. The van der Waals surface area contributed by atoms with E-state index in [4.69, 9.17) is 4.74 Å². The van der Waals surface area contributed by atoms with Crippen LogP contribution in [0.1, 0.15) is 28.4 Å². The van der Waals surface area contributed by atoms with E-state index in [2.05, 4.69) is 46.7 Å². The molecule has 0 fully saturated rings. The Labute approximate surface area is 170 Å². The number of fused-ring (bicyclic) bond motifs is 2. The van der Waals surface area contributed by atoms with E-state index in [1.54, 1.807) is 11.8 Å². The van der Waals surface area contributed by atoms with Gasteiger partial charge in [0.05, 0.1) is 11.3 Å². The molecule has 5 nitrogen and oxygen atoms in total. The Bertz CT molecular complexity index is 871. The summed E-state index contributed by atoms with van der Waals surface area (Å²) in [5.41, 5.74) is 4.31. The quantitative estimate of drug-likeness (QED) is 0.758. The number of benzene rings is 2. The third kappa shape index (κ3) is 3.84. The summed E-state index contributed by atoms with van der Waals surface area (Å²) in [7, 11) is 0. The first-order valence-electron chi connectivity index (χ1n) is 9.87. The van der Waals surface area contributed by atoms with Gasteiger partial charge in [0.15, 0.2) is 5.75 Å². The first kappa shape index (κ1) is 19.2. The Morgan fingerprint density at radius 2 is 2.14 bits per heavy atom. The lowest BCUT2D eigenvalue weighted by Crippen LogP contribution is -2.47. The van der Waals surface area contributed by atoms with Crippen molar-refractivity contribution in [3.63, 3.8) is 0 Å². The second kappa shape index (κ2) is 8.45.